The Morgan fingerprint density at radius 3 is 1.27 bits per heavy atom. The summed E-state index contributed by atoms with van der Waals surface area (Å²) in [6.45, 7) is 0. The smallest absolute Gasteiger partial charge is 0.164 e. The van der Waals surface area contributed by atoms with E-state index in [2.05, 4.69) is 170 Å². The molecule has 0 aliphatic rings. The molecule has 0 spiro atoms. The second-order valence-corrected chi connectivity index (χ2v) is 15.4. The molecule has 0 saturated heterocycles. The lowest BCUT2D eigenvalue weighted by Crippen LogP contribution is -2.00. The average Bonchev–Trinajstić information content (AvgIpc) is 3.33. The number of pyridine rings is 1. The summed E-state index contributed by atoms with van der Waals surface area (Å²) in [7, 11) is 0. The molecule has 0 aliphatic carbocycles. The van der Waals surface area contributed by atoms with Crippen LogP contribution in [0, 0.1) is 0 Å². The molecule has 4 heteroatoms. The van der Waals surface area contributed by atoms with Gasteiger partial charge in [0.05, 0.1) is 11.0 Å². The SMILES string of the molecule is c1ccc(-c2cccc(-c3nc(-c4ccccc4)nc(-c4ccc5c(ccc6cc(-c7c8ccc9ccccc9c8nc8c7ccc7ccccc78)ccc65)c4)n3)c2)cc1. The van der Waals surface area contributed by atoms with Crippen molar-refractivity contribution in [2.45, 2.75) is 0 Å². The van der Waals surface area contributed by atoms with E-state index in [1.807, 2.05) is 36.4 Å². The highest BCUT2D eigenvalue weighted by molar-refractivity contribution is 6.22. The fourth-order valence-corrected chi connectivity index (χ4v) is 8.91. The normalized spacial score (nSPS) is 11.7. The second-order valence-electron chi connectivity index (χ2n) is 15.4. The second kappa shape index (κ2) is 13.8. The Bertz CT molecular complexity index is 3560. The van der Waals surface area contributed by atoms with Crippen molar-refractivity contribution in [3.8, 4) is 56.4 Å². The largest absolute Gasteiger partial charge is 0.246 e. The summed E-state index contributed by atoms with van der Waals surface area (Å²) in [5, 5.41) is 11.7. The molecule has 4 nitrogen and oxygen atoms in total. The average molecular weight is 763 g/mol. The van der Waals surface area contributed by atoms with E-state index in [1.54, 1.807) is 0 Å². The van der Waals surface area contributed by atoms with Crippen LogP contribution in [0.15, 0.2) is 206 Å². The first-order chi connectivity index (χ1) is 29.7. The molecule has 0 aliphatic heterocycles. The molecule has 2 heterocycles. The molecule has 0 bridgehead atoms. The molecule has 60 heavy (non-hydrogen) atoms. The van der Waals surface area contributed by atoms with Crippen molar-refractivity contribution in [2.24, 2.45) is 0 Å². The summed E-state index contributed by atoms with van der Waals surface area (Å²) in [5.74, 6) is 1.92. The van der Waals surface area contributed by atoms with Gasteiger partial charge in [-0.05, 0) is 67.2 Å². The van der Waals surface area contributed by atoms with Crippen LogP contribution in [0.5, 0.6) is 0 Å². The van der Waals surface area contributed by atoms with Crippen molar-refractivity contribution in [1.29, 1.82) is 0 Å². The standard InChI is InChI=1S/C56H34N4/c1-3-12-35(13-4-1)39-18-11-19-43(32-39)55-58-54(38-16-5-2-6-17-38)59-56(60-55)44-27-29-46-41(34-44)23-22-40-33-42(26-28-45(40)46)51-49-30-24-36-14-7-9-20-47(36)52(49)57-53-48-21-10-8-15-37(48)25-31-50(51)53/h1-34H. The summed E-state index contributed by atoms with van der Waals surface area (Å²) >= 11 is 0. The summed E-state index contributed by atoms with van der Waals surface area (Å²) in [6.07, 6.45) is 0. The number of hydrogen-bond acceptors (Lipinski definition) is 4. The fourth-order valence-electron chi connectivity index (χ4n) is 8.91. The lowest BCUT2D eigenvalue weighted by Gasteiger charge is -2.15. The number of fused-ring (bicyclic) bond motifs is 9. The number of nitrogens with zero attached hydrogens (tertiary/aromatic N) is 4. The molecule has 12 rings (SSSR count). The van der Waals surface area contributed by atoms with Crippen molar-refractivity contribution in [1.82, 2.24) is 19.9 Å². The first kappa shape index (κ1) is 34.0. The maximum Gasteiger partial charge on any atom is 0.164 e. The van der Waals surface area contributed by atoms with Gasteiger partial charge >= 0.3 is 0 Å². The number of rotatable bonds is 5. The van der Waals surface area contributed by atoms with E-state index < -0.39 is 0 Å². The Morgan fingerprint density at radius 1 is 0.217 bits per heavy atom. The Balaban J connectivity index is 0.998. The minimum atomic E-state index is 0.637. The van der Waals surface area contributed by atoms with E-state index in [0.29, 0.717) is 17.5 Å². The van der Waals surface area contributed by atoms with Crippen molar-refractivity contribution >= 4 is 64.9 Å². The highest BCUT2D eigenvalue weighted by atomic mass is 15.0. The molecule has 0 N–H and O–H groups in total. The van der Waals surface area contributed by atoms with Crippen LogP contribution in [0.25, 0.3) is 121 Å². The minimum Gasteiger partial charge on any atom is -0.246 e. The van der Waals surface area contributed by atoms with Crippen molar-refractivity contribution in [2.75, 3.05) is 0 Å². The fraction of sp³-hybridized carbons (Fsp3) is 0. The summed E-state index contributed by atoms with van der Waals surface area (Å²) in [5.41, 5.74) is 9.52. The number of hydrogen-bond donors (Lipinski definition) is 0. The maximum absolute atomic E-state index is 5.40. The third-order valence-corrected chi connectivity index (χ3v) is 11.8. The number of benzene rings is 10. The van der Waals surface area contributed by atoms with Crippen molar-refractivity contribution < 1.29 is 0 Å². The van der Waals surface area contributed by atoms with Gasteiger partial charge in [-0.3, -0.25) is 0 Å². The predicted molar refractivity (Wildman–Crippen MR) is 250 cm³/mol. The Kier molecular flexibility index (Phi) is 7.82. The van der Waals surface area contributed by atoms with Gasteiger partial charge < -0.3 is 0 Å². The van der Waals surface area contributed by atoms with Gasteiger partial charge in [0.15, 0.2) is 17.5 Å². The zero-order valence-electron chi connectivity index (χ0n) is 32.4. The quantitative estimate of drug-likeness (QED) is 0.129. The van der Waals surface area contributed by atoms with E-state index in [1.165, 1.54) is 38.1 Å². The molecule has 10 aromatic carbocycles. The topological polar surface area (TPSA) is 51.6 Å². The molecule has 2 aromatic heterocycles. The van der Waals surface area contributed by atoms with Gasteiger partial charge in [-0.15, -0.1) is 0 Å². The van der Waals surface area contributed by atoms with Gasteiger partial charge in [-0.1, -0.05) is 188 Å². The molecule has 0 unspecified atom stereocenters. The van der Waals surface area contributed by atoms with Gasteiger partial charge in [-0.2, -0.15) is 0 Å². The van der Waals surface area contributed by atoms with Gasteiger partial charge in [-0.25, -0.2) is 19.9 Å². The van der Waals surface area contributed by atoms with Gasteiger partial charge in [0.25, 0.3) is 0 Å². The van der Waals surface area contributed by atoms with Crippen LogP contribution >= 0.6 is 0 Å². The Labute approximate surface area is 346 Å². The third-order valence-electron chi connectivity index (χ3n) is 11.8. The summed E-state index contributed by atoms with van der Waals surface area (Å²) in [6, 6.07) is 73.0. The van der Waals surface area contributed by atoms with Gasteiger partial charge in [0, 0.05) is 43.8 Å². The highest BCUT2D eigenvalue weighted by Crippen LogP contribution is 2.41. The molecule has 0 atom stereocenters. The van der Waals surface area contributed by atoms with Crippen LogP contribution in [0.3, 0.4) is 0 Å². The van der Waals surface area contributed by atoms with Crippen LogP contribution in [0.4, 0.5) is 0 Å². The Hall–Kier alpha value is -8.08. The van der Waals surface area contributed by atoms with Crippen LogP contribution in [-0.4, -0.2) is 19.9 Å². The lowest BCUT2D eigenvalue weighted by molar-refractivity contribution is 1.07. The van der Waals surface area contributed by atoms with E-state index in [0.717, 1.165) is 65.8 Å². The molecule has 0 radical (unpaired) electrons. The summed E-state index contributed by atoms with van der Waals surface area (Å²) < 4.78 is 0. The first-order valence-electron chi connectivity index (χ1n) is 20.3. The van der Waals surface area contributed by atoms with Crippen molar-refractivity contribution in [3.63, 3.8) is 0 Å². The molecule has 0 saturated carbocycles. The van der Waals surface area contributed by atoms with Crippen molar-refractivity contribution in [3.05, 3.63) is 206 Å². The van der Waals surface area contributed by atoms with Crippen LogP contribution < -0.4 is 0 Å². The summed E-state index contributed by atoms with van der Waals surface area (Å²) in [4.78, 5) is 20.6. The van der Waals surface area contributed by atoms with Crippen LogP contribution in [-0.2, 0) is 0 Å². The van der Waals surface area contributed by atoms with E-state index in [9.17, 15) is 0 Å². The molecule has 0 fully saturated rings. The van der Waals surface area contributed by atoms with Gasteiger partial charge in [0.2, 0.25) is 0 Å². The molecule has 12 aromatic rings. The monoisotopic (exact) mass is 762 g/mol. The zero-order chi connectivity index (χ0) is 39.6. The molecular formula is C56H34N4. The van der Waals surface area contributed by atoms with Crippen LogP contribution in [0.1, 0.15) is 0 Å². The minimum absolute atomic E-state index is 0.637. The van der Waals surface area contributed by atoms with E-state index in [4.69, 9.17) is 19.9 Å². The molecular weight excluding hydrogens is 729 g/mol. The third kappa shape index (κ3) is 5.69. The highest BCUT2D eigenvalue weighted by Gasteiger charge is 2.18. The van der Waals surface area contributed by atoms with E-state index >= 15 is 0 Å². The molecule has 278 valence electrons. The van der Waals surface area contributed by atoms with Gasteiger partial charge in [0.1, 0.15) is 0 Å². The predicted octanol–water partition coefficient (Wildman–Crippen LogP) is 14.5. The zero-order valence-corrected chi connectivity index (χ0v) is 32.4. The Morgan fingerprint density at radius 2 is 0.650 bits per heavy atom. The maximum atomic E-state index is 5.40. The first-order valence-corrected chi connectivity index (χ1v) is 20.3. The number of aromatic nitrogens is 4. The van der Waals surface area contributed by atoms with E-state index in [-0.39, 0.29) is 0 Å². The lowest BCUT2D eigenvalue weighted by atomic mass is 9.90. The molecule has 0 amide bonds. The van der Waals surface area contributed by atoms with Crippen LogP contribution in [0.2, 0.25) is 0 Å².